The first-order valence-electron chi connectivity index (χ1n) is 11.0. The van der Waals surface area contributed by atoms with Crippen molar-refractivity contribution in [1.29, 1.82) is 0 Å². The van der Waals surface area contributed by atoms with Gasteiger partial charge in [0, 0.05) is 6.42 Å². The molecule has 2 aliphatic rings. The maximum atomic E-state index is 11.4. The van der Waals surface area contributed by atoms with Gasteiger partial charge in [-0.2, -0.15) is 0 Å². The number of carbonyl (C=O) groups is 1. The Morgan fingerprint density at radius 2 is 1.46 bits per heavy atom. The minimum Gasteiger partial charge on any atom is -0.427 e. The van der Waals surface area contributed by atoms with Crippen LogP contribution in [-0.2, 0) is 4.79 Å². The first kappa shape index (κ1) is 19.5. The summed E-state index contributed by atoms with van der Waals surface area (Å²) in [7, 11) is 0. The van der Waals surface area contributed by atoms with Crippen molar-refractivity contribution in [3.8, 4) is 5.75 Å². The van der Waals surface area contributed by atoms with Crippen LogP contribution in [-0.4, -0.2) is 5.97 Å². The topological polar surface area (TPSA) is 26.3 Å². The van der Waals surface area contributed by atoms with Gasteiger partial charge in [-0.3, -0.25) is 4.79 Å². The standard InChI is InChI=1S/C24H36O2/c1-3-5-18-6-8-19(9-7-18)20-10-12-21(13-11-20)22-14-16-23(17-15-22)26-24(25)4-2/h14-21H,3-13H2,1-2H3. The van der Waals surface area contributed by atoms with E-state index in [2.05, 4.69) is 19.1 Å². The van der Waals surface area contributed by atoms with Gasteiger partial charge in [0.15, 0.2) is 0 Å². The van der Waals surface area contributed by atoms with Crippen LogP contribution in [0.3, 0.4) is 0 Å². The number of rotatable bonds is 6. The molecule has 1 aromatic rings. The van der Waals surface area contributed by atoms with Gasteiger partial charge in [-0.25, -0.2) is 0 Å². The SMILES string of the molecule is CCCC1CCC(C2CCC(c3ccc(OC(=O)CC)cc3)CC2)CC1. The second-order valence-electron chi connectivity index (χ2n) is 8.58. The van der Waals surface area contributed by atoms with Gasteiger partial charge in [0.05, 0.1) is 0 Å². The van der Waals surface area contributed by atoms with Crippen molar-refractivity contribution in [1.82, 2.24) is 0 Å². The van der Waals surface area contributed by atoms with Crippen LogP contribution in [0.15, 0.2) is 24.3 Å². The van der Waals surface area contributed by atoms with E-state index < -0.39 is 0 Å². The van der Waals surface area contributed by atoms with Gasteiger partial charge < -0.3 is 4.74 Å². The van der Waals surface area contributed by atoms with Crippen molar-refractivity contribution < 1.29 is 9.53 Å². The number of carbonyl (C=O) groups excluding carboxylic acids is 1. The summed E-state index contributed by atoms with van der Waals surface area (Å²) in [6.45, 7) is 4.15. The van der Waals surface area contributed by atoms with Crippen molar-refractivity contribution >= 4 is 5.97 Å². The van der Waals surface area contributed by atoms with E-state index in [1.807, 2.05) is 19.1 Å². The highest BCUT2D eigenvalue weighted by atomic mass is 16.5. The van der Waals surface area contributed by atoms with Crippen LogP contribution >= 0.6 is 0 Å². The monoisotopic (exact) mass is 356 g/mol. The molecule has 0 unspecified atom stereocenters. The maximum absolute atomic E-state index is 11.4. The zero-order valence-electron chi connectivity index (χ0n) is 16.7. The summed E-state index contributed by atoms with van der Waals surface area (Å²) in [6, 6.07) is 8.26. The smallest absolute Gasteiger partial charge is 0.310 e. The Morgan fingerprint density at radius 1 is 0.885 bits per heavy atom. The Labute approximate surface area is 159 Å². The highest BCUT2D eigenvalue weighted by molar-refractivity contribution is 5.71. The average Bonchev–Trinajstić information content (AvgIpc) is 2.69. The van der Waals surface area contributed by atoms with Crippen molar-refractivity contribution in [2.45, 2.75) is 90.4 Å². The largest absolute Gasteiger partial charge is 0.427 e. The molecule has 2 saturated carbocycles. The van der Waals surface area contributed by atoms with Crippen LogP contribution in [0.1, 0.15) is 96.0 Å². The molecule has 0 aromatic heterocycles. The number of benzene rings is 1. The van der Waals surface area contributed by atoms with E-state index in [-0.39, 0.29) is 5.97 Å². The summed E-state index contributed by atoms with van der Waals surface area (Å²) in [5.74, 6) is 4.20. The third kappa shape index (κ3) is 5.11. The Morgan fingerprint density at radius 3 is 2.00 bits per heavy atom. The lowest BCUT2D eigenvalue weighted by molar-refractivity contribution is -0.134. The summed E-state index contributed by atoms with van der Waals surface area (Å²) in [5.41, 5.74) is 1.42. The van der Waals surface area contributed by atoms with Crippen molar-refractivity contribution in [2.75, 3.05) is 0 Å². The number of esters is 1. The molecule has 3 rings (SSSR count). The van der Waals surface area contributed by atoms with E-state index in [4.69, 9.17) is 4.74 Å². The Kier molecular flexibility index (Phi) is 7.16. The molecular formula is C24H36O2. The van der Waals surface area contributed by atoms with Gasteiger partial charge in [0.2, 0.25) is 0 Å². The molecule has 0 atom stereocenters. The molecule has 2 fully saturated rings. The Bertz CT molecular complexity index is 546. The molecule has 144 valence electrons. The minimum atomic E-state index is -0.160. The lowest BCUT2D eigenvalue weighted by atomic mass is 9.68. The lowest BCUT2D eigenvalue weighted by Crippen LogP contribution is -2.25. The minimum absolute atomic E-state index is 0.160. The predicted molar refractivity (Wildman–Crippen MR) is 107 cm³/mol. The third-order valence-electron chi connectivity index (χ3n) is 6.90. The fourth-order valence-electron chi connectivity index (χ4n) is 5.29. The van der Waals surface area contributed by atoms with Crippen LogP contribution in [0.5, 0.6) is 5.75 Å². The third-order valence-corrected chi connectivity index (χ3v) is 6.90. The normalized spacial score (nSPS) is 29.3. The van der Waals surface area contributed by atoms with Crippen LogP contribution < -0.4 is 4.74 Å². The summed E-state index contributed by atoms with van der Waals surface area (Å²) in [4.78, 5) is 11.4. The predicted octanol–water partition coefficient (Wildman–Crippen LogP) is 6.88. The van der Waals surface area contributed by atoms with E-state index in [1.54, 1.807) is 0 Å². The van der Waals surface area contributed by atoms with Gasteiger partial charge in [-0.15, -0.1) is 0 Å². The molecule has 0 amide bonds. The fourth-order valence-corrected chi connectivity index (χ4v) is 5.29. The first-order chi connectivity index (χ1) is 12.7. The van der Waals surface area contributed by atoms with Crippen LogP contribution in [0.4, 0.5) is 0 Å². The summed E-state index contributed by atoms with van der Waals surface area (Å²) >= 11 is 0. The number of hydrogen-bond donors (Lipinski definition) is 0. The molecule has 0 spiro atoms. The molecule has 0 radical (unpaired) electrons. The van der Waals surface area contributed by atoms with Crippen LogP contribution in [0.25, 0.3) is 0 Å². The number of ether oxygens (including phenoxy) is 1. The van der Waals surface area contributed by atoms with Crippen molar-refractivity contribution in [2.24, 2.45) is 17.8 Å². The van der Waals surface area contributed by atoms with E-state index in [0.29, 0.717) is 18.1 Å². The zero-order valence-corrected chi connectivity index (χ0v) is 16.7. The Hall–Kier alpha value is -1.31. The van der Waals surface area contributed by atoms with E-state index in [0.717, 1.165) is 17.8 Å². The van der Waals surface area contributed by atoms with Crippen molar-refractivity contribution in [3.05, 3.63) is 29.8 Å². The van der Waals surface area contributed by atoms with E-state index in [1.165, 1.54) is 69.8 Å². The summed E-state index contributed by atoms with van der Waals surface area (Å²) in [5, 5.41) is 0. The number of hydrogen-bond acceptors (Lipinski definition) is 2. The first-order valence-corrected chi connectivity index (χ1v) is 11.0. The quantitative estimate of drug-likeness (QED) is 0.410. The molecule has 2 aliphatic carbocycles. The van der Waals surface area contributed by atoms with E-state index in [9.17, 15) is 4.79 Å². The molecule has 0 bridgehead atoms. The zero-order chi connectivity index (χ0) is 18.4. The van der Waals surface area contributed by atoms with Gasteiger partial charge in [0.25, 0.3) is 0 Å². The van der Waals surface area contributed by atoms with Gasteiger partial charge in [-0.1, -0.05) is 51.7 Å². The van der Waals surface area contributed by atoms with Crippen molar-refractivity contribution in [3.63, 3.8) is 0 Å². The van der Waals surface area contributed by atoms with Crippen LogP contribution in [0, 0.1) is 17.8 Å². The second kappa shape index (κ2) is 9.58. The molecular weight excluding hydrogens is 320 g/mol. The molecule has 1 aromatic carbocycles. The van der Waals surface area contributed by atoms with E-state index >= 15 is 0 Å². The molecule has 0 heterocycles. The average molecular weight is 357 g/mol. The molecule has 26 heavy (non-hydrogen) atoms. The summed E-state index contributed by atoms with van der Waals surface area (Å²) in [6.07, 6.45) is 14.6. The molecule has 0 aliphatic heterocycles. The molecule has 2 nitrogen and oxygen atoms in total. The highest BCUT2D eigenvalue weighted by Crippen LogP contribution is 2.44. The van der Waals surface area contributed by atoms with Gasteiger partial charge >= 0.3 is 5.97 Å². The summed E-state index contributed by atoms with van der Waals surface area (Å²) < 4.78 is 5.29. The highest BCUT2D eigenvalue weighted by Gasteiger charge is 2.31. The lowest BCUT2D eigenvalue weighted by Gasteiger charge is -2.38. The maximum Gasteiger partial charge on any atom is 0.310 e. The van der Waals surface area contributed by atoms with Crippen LogP contribution in [0.2, 0.25) is 0 Å². The molecule has 2 heteroatoms. The second-order valence-corrected chi connectivity index (χ2v) is 8.58. The fraction of sp³-hybridized carbons (Fsp3) is 0.708. The molecule has 0 saturated heterocycles. The Balaban J connectivity index is 1.46. The molecule has 0 N–H and O–H groups in total. The van der Waals surface area contributed by atoms with Gasteiger partial charge in [0.1, 0.15) is 5.75 Å². The van der Waals surface area contributed by atoms with Gasteiger partial charge in [-0.05, 0) is 79.9 Å².